The Morgan fingerprint density at radius 2 is 1.86 bits per heavy atom. The molecule has 8 nitrogen and oxygen atoms in total. The molecule has 5 rings (SSSR count). The number of carbonyl (C=O) groups is 1. The SMILES string of the molecule is CC(=O)Cc1c(C)nn(-c2cc(Nc3c(C)c(-c4ccc(F)cc4)nn3CC3CC3)ncn2)c1C. The maximum absolute atomic E-state index is 13.5. The Balaban J connectivity index is 1.49. The second-order valence-corrected chi connectivity index (χ2v) is 9.28. The number of ketones is 1. The number of hydrogen-bond acceptors (Lipinski definition) is 6. The fourth-order valence-corrected chi connectivity index (χ4v) is 4.32. The molecule has 0 aliphatic heterocycles. The van der Waals surface area contributed by atoms with Gasteiger partial charge in [0, 0.05) is 41.4 Å². The van der Waals surface area contributed by atoms with E-state index in [0.29, 0.717) is 24.0 Å². The van der Waals surface area contributed by atoms with Gasteiger partial charge in [-0.2, -0.15) is 10.2 Å². The average Bonchev–Trinajstić information content (AvgIpc) is 3.55. The second kappa shape index (κ2) is 9.05. The Morgan fingerprint density at radius 3 is 2.54 bits per heavy atom. The minimum absolute atomic E-state index is 0.0946. The van der Waals surface area contributed by atoms with Gasteiger partial charge in [0.2, 0.25) is 0 Å². The number of carbonyl (C=O) groups excluding carboxylic acids is 1. The summed E-state index contributed by atoms with van der Waals surface area (Å²) in [6.45, 7) is 8.25. The molecule has 4 aromatic rings. The van der Waals surface area contributed by atoms with Crippen molar-refractivity contribution in [2.24, 2.45) is 5.92 Å². The van der Waals surface area contributed by atoms with Crippen LogP contribution in [0.4, 0.5) is 16.0 Å². The summed E-state index contributed by atoms with van der Waals surface area (Å²) >= 11 is 0. The highest BCUT2D eigenvalue weighted by Gasteiger charge is 2.26. The lowest BCUT2D eigenvalue weighted by Crippen LogP contribution is -2.09. The molecule has 0 radical (unpaired) electrons. The van der Waals surface area contributed by atoms with Gasteiger partial charge < -0.3 is 5.32 Å². The lowest BCUT2D eigenvalue weighted by molar-refractivity contribution is -0.116. The molecular formula is C26H28FN7O. The monoisotopic (exact) mass is 473 g/mol. The average molecular weight is 474 g/mol. The molecule has 0 amide bonds. The highest BCUT2D eigenvalue weighted by atomic mass is 19.1. The number of Topliss-reactive ketones (excluding diaryl/α,β-unsaturated/α-hetero) is 1. The highest BCUT2D eigenvalue weighted by Crippen LogP contribution is 2.35. The summed E-state index contributed by atoms with van der Waals surface area (Å²) in [6, 6.07) is 8.24. The summed E-state index contributed by atoms with van der Waals surface area (Å²) in [5, 5.41) is 12.9. The van der Waals surface area contributed by atoms with E-state index in [1.54, 1.807) is 23.7 Å². The first-order valence-corrected chi connectivity index (χ1v) is 11.8. The van der Waals surface area contributed by atoms with Gasteiger partial charge in [0.05, 0.1) is 11.4 Å². The van der Waals surface area contributed by atoms with Crippen LogP contribution in [0.25, 0.3) is 17.1 Å². The van der Waals surface area contributed by atoms with Gasteiger partial charge in [0.25, 0.3) is 0 Å². The Morgan fingerprint density at radius 1 is 1.11 bits per heavy atom. The zero-order valence-corrected chi connectivity index (χ0v) is 20.3. The molecule has 0 unspecified atom stereocenters. The smallest absolute Gasteiger partial charge is 0.159 e. The van der Waals surface area contributed by atoms with Crippen LogP contribution >= 0.6 is 0 Å². The maximum Gasteiger partial charge on any atom is 0.159 e. The lowest BCUT2D eigenvalue weighted by atomic mass is 10.1. The van der Waals surface area contributed by atoms with Crippen LogP contribution in [0.3, 0.4) is 0 Å². The van der Waals surface area contributed by atoms with E-state index in [9.17, 15) is 9.18 Å². The summed E-state index contributed by atoms with van der Waals surface area (Å²) in [5.74, 6) is 2.52. The molecule has 3 heterocycles. The summed E-state index contributed by atoms with van der Waals surface area (Å²) in [5.41, 5.74) is 5.27. The Hall–Kier alpha value is -3.88. The molecule has 1 aliphatic rings. The van der Waals surface area contributed by atoms with Crippen LogP contribution in [0.5, 0.6) is 0 Å². The third kappa shape index (κ3) is 4.71. The predicted octanol–water partition coefficient (Wildman–Crippen LogP) is 4.88. The minimum Gasteiger partial charge on any atom is -0.325 e. The molecule has 0 atom stereocenters. The number of rotatable bonds is 8. The van der Waals surface area contributed by atoms with E-state index in [-0.39, 0.29) is 11.6 Å². The van der Waals surface area contributed by atoms with Crippen molar-refractivity contribution in [3.05, 3.63) is 65.0 Å². The van der Waals surface area contributed by atoms with Crippen LogP contribution in [-0.4, -0.2) is 35.3 Å². The van der Waals surface area contributed by atoms with E-state index < -0.39 is 0 Å². The number of aromatic nitrogens is 6. The van der Waals surface area contributed by atoms with Crippen LogP contribution in [0, 0.1) is 32.5 Å². The number of anilines is 2. The molecule has 1 aliphatic carbocycles. The van der Waals surface area contributed by atoms with Gasteiger partial charge in [-0.15, -0.1) is 0 Å². The predicted molar refractivity (Wildman–Crippen MR) is 131 cm³/mol. The van der Waals surface area contributed by atoms with Crippen LogP contribution < -0.4 is 5.32 Å². The van der Waals surface area contributed by atoms with E-state index in [1.807, 2.05) is 31.5 Å². The van der Waals surface area contributed by atoms with Gasteiger partial charge in [-0.05, 0) is 70.7 Å². The van der Waals surface area contributed by atoms with Crippen molar-refractivity contribution < 1.29 is 9.18 Å². The van der Waals surface area contributed by atoms with Crippen molar-refractivity contribution in [1.29, 1.82) is 0 Å². The standard InChI is InChI=1S/C26H28FN7O/c1-15(35)11-22-17(3)31-34(18(22)4)24-12-23(28-14-29-24)30-26-16(2)25(20-7-9-21(27)10-8-20)32-33(26)13-19-5-6-19/h7-10,12,14,19H,5-6,11,13H2,1-4H3,(H,28,29,30). The summed E-state index contributed by atoms with van der Waals surface area (Å²) in [7, 11) is 0. The summed E-state index contributed by atoms with van der Waals surface area (Å²) in [6.07, 6.45) is 4.24. The summed E-state index contributed by atoms with van der Waals surface area (Å²) in [4.78, 5) is 20.5. The zero-order chi connectivity index (χ0) is 24.7. The van der Waals surface area contributed by atoms with Crippen molar-refractivity contribution in [2.75, 3.05) is 5.32 Å². The maximum atomic E-state index is 13.5. The molecule has 0 bridgehead atoms. The molecule has 1 saturated carbocycles. The minimum atomic E-state index is -0.272. The first-order valence-electron chi connectivity index (χ1n) is 11.8. The van der Waals surface area contributed by atoms with Crippen molar-refractivity contribution in [2.45, 2.75) is 53.5 Å². The Labute approximate surface area is 203 Å². The van der Waals surface area contributed by atoms with E-state index in [0.717, 1.165) is 46.1 Å². The van der Waals surface area contributed by atoms with Crippen LogP contribution in [0.15, 0.2) is 36.7 Å². The van der Waals surface area contributed by atoms with E-state index >= 15 is 0 Å². The Kier molecular flexibility index (Phi) is 5.92. The molecule has 1 aromatic carbocycles. The van der Waals surface area contributed by atoms with Gasteiger partial charge >= 0.3 is 0 Å². The lowest BCUT2D eigenvalue weighted by Gasteiger charge is -2.11. The molecule has 0 saturated heterocycles. The van der Waals surface area contributed by atoms with Crippen molar-refractivity contribution >= 4 is 17.4 Å². The number of hydrogen-bond donors (Lipinski definition) is 1. The van der Waals surface area contributed by atoms with Crippen LogP contribution in [-0.2, 0) is 17.8 Å². The zero-order valence-electron chi connectivity index (χ0n) is 20.3. The molecule has 35 heavy (non-hydrogen) atoms. The molecule has 1 fully saturated rings. The van der Waals surface area contributed by atoms with Crippen molar-refractivity contribution in [1.82, 2.24) is 29.5 Å². The molecule has 0 spiro atoms. The van der Waals surface area contributed by atoms with Gasteiger partial charge in [0.15, 0.2) is 5.82 Å². The number of benzene rings is 1. The normalized spacial score (nSPS) is 13.3. The fraction of sp³-hybridized carbons (Fsp3) is 0.346. The largest absolute Gasteiger partial charge is 0.325 e. The fourth-order valence-electron chi connectivity index (χ4n) is 4.32. The molecular weight excluding hydrogens is 445 g/mol. The molecule has 3 aromatic heterocycles. The number of halogens is 1. The highest BCUT2D eigenvalue weighted by molar-refractivity contribution is 5.78. The molecule has 180 valence electrons. The van der Waals surface area contributed by atoms with Gasteiger partial charge in [0.1, 0.15) is 29.6 Å². The van der Waals surface area contributed by atoms with Crippen LogP contribution in [0.1, 0.15) is 42.3 Å². The third-order valence-corrected chi connectivity index (χ3v) is 6.42. The first kappa shape index (κ1) is 22.9. The van der Waals surface area contributed by atoms with Crippen molar-refractivity contribution in [3.63, 3.8) is 0 Å². The second-order valence-electron chi connectivity index (χ2n) is 9.28. The third-order valence-electron chi connectivity index (χ3n) is 6.42. The van der Waals surface area contributed by atoms with E-state index in [4.69, 9.17) is 5.10 Å². The van der Waals surface area contributed by atoms with Crippen molar-refractivity contribution in [3.8, 4) is 17.1 Å². The number of nitrogens with zero attached hydrogens (tertiary/aromatic N) is 6. The van der Waals surface area contributed by atoms with Crippen LogP contribution in [0.2, 0.25) is 0 Å². The summed E-state index contributed by atoms with van der Waals surface area (Å²) < 4.78 is 17.2. The molecule has 1 N–H and O–H groups in total. The van der Waals surface area contributed by atoms with Gasteiger partial charge in [-0.3, -0.25) is 4.79 Å². The van der Waals surface area contributed by atoms with E-state index in [2.05, 4.69) is 20.4 Å². The van der Waals surface area contributed by atoms with Gasteiger partial charge in [-0.1, -0.05) is 0 Å². The first-order chi connectivity index (χ1) is 16.8. The van der Waals surface area contributed by atoms with Gasteiger partial charge in [-0.25, -0.2) is 23.7 Å². The number of aryl methyl sites for hydroxylation is 1. The quantitative estimate of drug-likeness (QED) is 0.392. The Bertz CT molecular complexity index is 1400. The van der Waals surface area contributed by atoms with E-state index in [1.165, 1.54) is 31.3 Å². The topological polar surface area (TPSA) is 90.5 Å². The number of nitrogens with one attached hydrogen (secondary N) is 1. The molecule has 9 heteroatoms.